The summed E-state index contributed by atoms with van der Waals surface area (Å²) in [5.74, 6) is -0.696. The molecule has 6 heteroatoms. The van der Waals surface area contributed by atoms with Crippen LogP contribution in [0.1, 0.15) is 28.7 Å². The van der Waals surface area contributed by atoms with Crippen molar-refractivity contribution in [1.29, 1.82) is 0 Å². The predicted octanol–water partition coefficient (Wildman–Crippen LogP) is 3.74. The highest BCUT2D eigenvalue weighted by Gasteiger charge is 2.27. The smallest absolute Gasteiger partial charge is 0.321 e. The first kappa shape index (κ1) is 22.6. The van der Waals surface area contributed by atoms with Crippen LogP contribution >= 0.6 is 0 Å². The van der Waals surface area contributed by atoms with E-state index in [9.17, 15) is 9.59 Å². The Bertz CT molecular complexity index is 1110. The molecule has 0 aromatic heterocycles. The highest BCUT2D eigenvalue weighted by molar-refractivity contribution is 5.97. The molecule has 1 unspecified atom stereocenters. The maximum atomic E-state index is 12.4. The fraction of sp³-hybridized carbons (Fsp3) is 0.259. The average molecular weight is 445 g/mol. The van der Waals surface area contributed by atoms with Crippen molar-refractivity contribution in [3.63, 3.8) is 0 Å². The molecule has 1 heterocycles. The molecule has 0 saturated carbocycles. The minimum absolute atomic E-state index is 0.214. The van der Waals surface area contributed by atoms with Crippen LogP contribution in [-0.2, 0) is 35.5 Å². The second kappa shape index (κ2) is 10.3. The van der Waals surface area contributed by atoms with Gasteiger partial charge >= 0.3 is 5.97 Å². The maximum Gasteiger partial charge on any atom is 0.321 e. The number of carboxylic acid groups (broad SMARTS) is 1. The quantitative estimate of drug-likeness (QED) is 0.524. The number of benzene rings is 3. The van der Waals surface area contributed by atoms with Crippen LogP contribution in [0.3, 0.4) is 0 Å². The molecule has 3 N–H and O–H groups in total. The molecule has 33 heavy (non-hydrogen) atoms. The zero-order valence-corrected chi connectivity index (χ0v) is 18.4. The fourth-order valence-electron chi connectivity index (χ4n) is 4.01. The third kappa shape index (κ3) is 5.79. The summed E-state index contributed by atoms with van der Waals surface area (Å²) < 4.78 is 5.98. The summed E-state index contributed by atoms with van der Waals surface area (Å²) in [6.07, 6.45) is 2.52. The topological polar surface area (TPSA) is 92.9 Å². The van der Waals surface area contributed by atoms with Gasteiger partial charge in [0.1, 0.15) is 18.4 Å². The molecule has 0 radical (unpaired) electrons. The van der Waals surface area contributed by atoms with E-state index in [1.807, 2.05) is 24.3 Å². The molecule has 0 bridgehead atoms. The van der Waals surface area contributed by atoms with E-state index in [2.05, 4.69) is 48.5 Å². The van der Waals surface area contributed by atoms with Gasteiger partial charge in [0, 0.05) is 12.2 Å². The Kier molecular flexibility index (Phi) is 7.05. The van der Waals surface area contributed by atoms with E-state index >= 15 is 0 Å². The van der Waals surface area contributed by atoms with E-state index in [4.69, 9.17) is 15.6 Å². The van der Waals surface area contributed by atoms with Gasteiger partial charge in [0.15, 0.2) is 0 Å². The van der Waals surface area contributed by atoms with Crippen molar-refractivity contribution in [3.8, 4) is 5.75 Å². The summed E-state index contributed by atoms with van der Waals surface area (Å²) in [6, 6.07) is 23.4. The van der Waals surface area contributed by atoms with Gasteiger partial charge < -0.3 is 20.5 Å². The third-order valence-corrected chi connectivity index (χ3v) is 5.93. The van der Waals surface area contributed by atoms with Crippen LogP contribution in [-0.4, -0.2) is 29.6 Å². The third-order valence-electron chi connectivity index (χ3n) is 5.93. The highest BCUT2D eigenvalue weighted by Crippen LogP contribution is 2.32. The number of fused-ring (bicyclic) bond motifs is 1. The number of hydrogen-bond donors (Lipinski definition) is 2. The number of hydrogen-bond acceptors (Lipinski definition) is 4. The zero-order valence-electron chi connectivity index (χ0n) is 18.4. The van der Waals surface area contributed by atoms with Crippen molar-refractivity contribution in [2.45, 2.75) is 38.3 Å². The molecule has 3 aromatic rings. The molecule has 0 aliphatic carbocycles. The van der Waals surface area contributed by atoms with Gasteiger partial charge in [0.25, 0.3) is 0 Å². The first-order chi connectivity index (χ1) is 16.0. The van der Waals surface area contributed by atoms with Crippen LogP contribution in [0.2, 0.25) is 0 Å². The van der Waals surface area contributed by atoms with Crippen LogP contribution in [0.25, 0.3) is 0 Å². The molecule has 1 aliphatic heterocycles. The molecular weight excluding hydrogens is 416 g/mol. The predicted molar refractivity (Wildman–Crippen MR) is 127 cm³/mol. The monoisotopic (exact) mass is 444 g/mol. The van der Waals surface area contributed by atoms with E-state index in [-0.39, 0.29) is 12.3 Å². The van der Waals surface area contributed by atoms with Crippen LogP contribution < -0.4 is 15.4 Å². The number of nitrogens with two attached hydrogens (primary N) is 1. The van der Waals surface area contributed by atoms with Gasteiger partial charge in [-0.1, -0.05) is 54.6 Å². The van der Waals surface area contributed by atoms with E-state index in [1.54, 1.807) is 4.90 Å². The van der Waals surface area contributed by atoms with Crippen molar-refractivity contribution in [2.24, 2.45) is 5.73 Å². The Morgan fingerprint density at radius 1 is 0.939 bits per heavy atom. The first-order valence-corrected chi connectivity index (χ1v) is 11.2. The SMILES string of the molecule is NC(CC(=O)N1CCc2cc(OCc3ccc(CCc4ccccc4)cc3)ccc21)C(=O)O. The lowest BCUT2D eigenvalue weighted by Crippen LogP contribution is -2.38. The molecule has 3 aromatic carbocycles. The van der Waals surface area contributed by atoms with Gasteiger partial charge in [-0.3, -0.25) is 9.59 Å². The van der Waals surface area contributed by atoms with E-state index < -0.39 is 12.0 Å². The molecule has 1 aliphatic rings. The molecular formula is C27H28N2O4. The summed E-state index contributed by atoms with van der Waals surface area (Å²) in [5.41, 5.74) is 11.1. The minimum atomic E-state index is -1.19. The largest absolute Gasteiger partial charge is 0.489 e. The number of carboxylic acids is 1. The normalized spacial score (nSPS) is 13.4. The number of nitrogens with zero attached hydrogens (tertiary/aromatic N) is 1. The number of anilines is 1. The van der Waals surface area contributed by atoms with Crippen molar-refractivity contribution in [3.05, 3.63) is 95.1 Å². The summed E-state index contributed by atoms with van der Waals surface area (Å²) in [4.78, 5) is 25.0. The van der Waals surface area contributed by atoms with E-state index in [1.165, 1.54) is 11.1 Å². The molecule has 1 amide bonds. The molecule has 6 nitrogen and oxygen atoms in total. The van der Waals surface area contributed by atoms with E-state index in [0.717, 1.165) is 35.4 Å². The molecule has 0 spiro atoms. The molecule has 0 fully saturated rings. The summed E-state index contributed by atoms with van der Waals surface area (Å²) in [6.45, 7) is 0.988. The molecule has 0 saturated heterocycles. The van der Waals surface area contributed by atoms with Gasteiger partial charge in [-0.05, 0) is 59.7 Å². The number of aryl methyl sites for hydroxylation is 2. The Morgan fingerprint density at radius 2 is 1.61 bits per heavy atom. The minimum Gasteiger partial charge on any atom is -0.489 e. The lowest BCUT2D eigenvalue weighted by Gasteiger charge is -2.18. The van der Waals surface area contributed by atoms with Gasteiger partial charge in [0.05, 0.1) is 6.42 Å². The summed E-state index contributed by atoms with van der Waals surface area (Å²) in [5, 5.41) is 8.94. The van der Waals surface area contributed by atoms with Crippen molar-refractivity contribution < 1.29 is 19.4 Å². The maximum absolute atomic E-state index is 12.4. The zero-order chi connectivity index (χ0) is 23.2. The summed E-state index contributed by atoms with van der Waals surface area (Å²) in [7, 11) is 0. The van der Waals surface area contributed by atoms with Gasteiger partial charge in [0.2, 0.25) is 5.91 Å². The Balaban J connectivity index is 1.30. The van der Waals surface area contributed by atoms with Gasteiger partial charge in [-0.25, -0.2) is 0 Å². The first-order valence-electron chi connectivity index (χ1n) is 11.2. The van der Waals surface area contributed by atoms with Crippen LogP contribution in [0.5, 0.6) is 5.75 Å². The number of carbonyl (C=O) groups excluding carboxylic acids is 1. The van der Waals surface area contributed by atoms with Gasteiger partial charge in [-0.2, -0.15) is 0 Å². The van der Waals surface area contributed by atoms with Crippen LogP contribution in [0.15, 0.2) is 72.8 Å². The number of amides is 1. The Hall–Kier alpha value is -3.64. The van der Waals surface area contributed by atoms with E-state index in [0.29, 0.717) is 19.6 Å². The van der Waals surface area contributed by atoms with Crippen LogP contribution in [0, 0.1) is 0 Å². The number of aliphatic carboxylic acids is 1. The number of ether oxygens (including phenoxy) is 1. The second-order valence-electron chi connectivity index (χ2n) is 8.33. The Labute approximate surface area is 193 Å². The molecule has 1 atom stereocenters. The van der Waals surface area contributed by atoms with Crippen molar-refractivity contribution in [2.75, 3.05) is 11.4 Å². The van der Waals surface area contributed by atoms with Gasteiger partial charge in [-0.15, -0.1) is 0 Å². The fourth-order valence-corrected chi connectivity index (χ4v) is 4.01. The highest BCUT2D eigenvalue weighted by atomic mass is 16.5. The molecule has 170 valence electrons. The molecule has 4 rings (SSSR count). The van der Waals surface area contributed by atoms with Crippen molar-refractivity contribution in [1.82, 2.24) is 0 Å². The average Bonchev–Trinajstić information content (AvgIpc) is 3.26. The second-order valence-corrected chi connectivity index (χ2v) is 8.33. The lowest BCUT2D eigenvalue weighted by molar-refractivity contribution is -0.140. The Morgan fingerprint density at radius 3 is 2.30 bits per heavy atom. The standard InChI is InChI=1S/C27H28N2O4/c28-24(27(31)32)17-26(30)29-15-14-22-16-23(12-13-25(22)29)33-18-21-10-8-20(9-11-21)7-6-19-4-2-1-3-5-19/h1-5,8-13,16,24H,6-7,14-15,17-18,28H2,(H,31,32). The summed E-state index contributed by atoms with van der Waals surface area (Å²) >= 11 is 0. The number of rotatable bonds is 9. The number of carbonyl (C=O) groups is 2. The van der Waals surface area contributed by atoms with Crippen molar-refractivity contribution >= 4 is 17.6 Å². The lowest BCUT2D eigenvalue weighted by atomic mass is 10.0. The van der Waals surface area contributed by atoms with Crippen LogP contribution in [0.4, 0.5) is 5.69 Å².